The minimum absolute atomic E-state index is 0.412. The minimum Gasteiger partial charge on any atom is -0.463 e. The molecular weight excluding hydrogens is 216 g/mol. The molecule has 2 unspecified atom stereocenters. The van der Waals surface area contributed by atoms with Crippen molar-refractivity contribution in [2.24, 2.45) is 11.8 Å². The van der Waals surface area contributed by atoms with E-state index in [1.807, 2.05) is 0 Å². The largest absolute Gasteiger partial charge is 0.463 e. The summed E-state index contributed by atoms with van der Waals surface area (Å²) < 4.78 is 5.14. The van der Waals surface area contributed by atoms with Crippen molar-refractivity contribution in [3.8, 4) is 0 Å². The predicted octanol–water partition coefficient (Wildman–Crippen LogP) is 3.15. The Kier molecular flexibility index (Phi) is 7.44. The molecule has 0 saturated heterocycles. The van der Waals surface area contributed by atoms with Crippen molar-refractivity contribution in [3.05, 3.63) is 0 Å². The third-order valence-electron chi connectivity index (χ3n) is 3.29. The van der Waals surface area contributed by atoms with Crippen LogP contribution in [0.3, 0.4) is 0 Å². The molecule has 17 heavy (non-hydrogen) atoms. The fraction of sp³-hybridized carbons (Fsp3) is 0.929. The lowest BCUT2D eigenvalue weighted by molar-refractivity contribution is -0.163. The molecule has 0 fully saturated rings. The van der Waals surface area contributed by atoms with Crippen LogP contribution >= 0.6 is 0 Å². The fourth-order valence-corrected chi connectivity index (χ4v) is 1.50. The van der Waals surface area contributed by atoms with Crippen LogP contribution in [-0.4, -0.2) is 23.3 Å². The highest BCUT2D eigenvalue weighted by atomic mass is 16.5. The third-order valence-corrected chi connectivity index (χ3v) is 3.29. The average molecular weight is 244 g/mol. The normalized spacial score (nSPS) is 15.4. The van der Waals surface area contributed by atoms with Gasteiger partial charge in [0, 0.05) is 0 Å². The van der Waals surface area contributed by atoms with Crippen LogP contribution in [-0.2, 0) is 9.53 Å². The molecule has 0 aliphatic carbocycles. The number of hydrogen-bond donors (Lipinski definition) is 1. The molecule has 2 atom stereocenters. The van der Waals surface area contributed by atoms with Gasteiger partial charge in [0.25, 0.3) is 0 Å². The van der Waals surface area contributed by atoms with Gasteiger partial charge in [-0.3, -0.25) is 0 Å². The SMILES string of the molecule is CCC(C)CCC(CC)COC(=O)C(C)(C)O. The smallest absolute Gasteiger partial charge is 0.337 e. The van der Waals surface area contributed by atoms with Crippen molar-refractivity contribution in [3.63, 3.8) is 0 Å². The highest BCUT2D eigenvalue weighted by Crippen LogP contribution is 2.18. The van der Waals surface area contributed by atoms with Gasteiger partial charge in [-0.25, -0.2) is 4.79 Å². The van der Waals surface area contributed by atoms with Crippen molar-refractivity contribution in [2.75, 3.05) is 6.61 Å². The summed E-state index contributed by atoms with van der Waals surface area (Å²) >= 11 is 0. The number of carbonyl (C=O) groups excluding carboxylic acids is 1. The first kappa shape index (κ1) is 16.4. The molecule has 0 aromatic heterocycles. The van der Waals surface area contributed by atoms with Crippen LogP contribution in [0, 0.1) is 11.8 Å². The predicted molar refractivity (Wildman–Crippen MR) is 69.7 cm³/mol. The first-order valence-electron chi connectivity index (χ1n) is 6.70. The lowest BCUT2D eigenvalue weighted by Gasteiger charge is -2.20. The van der Waals surface area contributed by atoms with Gasteiger partial charge in [-0.1, -0.05) is 40.0 Å². The van der Waals surface area contributed by atoms with Crippen molar-refractivity contribution >= 4 is 5.97 Å². The molecule has 0 aromatic rings. The van der Waals surface area contributed by atoms with Crippen molar-refractivity contribution in [1.82, 2.24) is 0 Å². The quantitative estimate of drug-likeness (QED) is 0.667. The van der Waals surface area contributed by atoms with Crippen LogP contribution in [0.5, 0.6) is 0 Å². The second kappa shape index (κ2) is 7.70. The number of rotatable bonds is 8. The summed E-state index contributed by atoms with van der Waals surface area (Å²) in [6.45, 7) is 9.88. The van der Waals surface area contributed by atoms with E-state index in [1.165, 1.54) is 26.7 Å². The van der Waals surface area contributed by atoms with E-state index in [9.17, 15) is 9.90 Å². The Morgan fingerprint density at radius 3 is 2.24 bits per heavy atom. The van der Waals surface area contributed by atoms with Crippen LogP contribution in [0.25, 0.3) is 0 Å². The van der Waals surface area contributed by atoms with Gasteiger partial charge in [-0.2, -0.15) is 0 Å². The molecule has 0 rings (SSSR count). The number of esters is 1. The van der Waals surface area contributed by atoms with Gasteiger partial charge in [-0.05, 0) is 32.1 Å². The Bertz CT molecular complexity index is 218. The van der Waals surface area contributed by atoms with Gasteiger partial charge in [0.2, 0.25) is 0 Å². The highest BCUT2D eigenvalue weighted by molar-refractivity contribution is 5.78. The lowest BCUT2D eigenvalue weighted by atomic mass is 9.94. The standard InChI is InChI=1S/C14H28O3/c1-6-11(3)8-9-12(7-2)10-17-13(15)14(4,5)16/h11-12,16H,6-10H2,1-5H3. The van der Waals surface area contributed by atoms with E-state index in [4.69, 9.17) is 4.74 Å². The van der Waals surface area contributed by atoms with Crippen molar-refractivity contribution in [2.45, 2.75) is 65.9 Å². The molecule has 0 heterocycles. The van der Waals surface area contributed by atoms with E-state index in [2.05, 4.69) is 20.8 Å². The van der Waals surface area contributed by atoms with Crippen LogP contribution in [0.1, 0.15) is 60.3 Å². The maximum Gasteiger partial charge on any atom is 0.337 e. The molecule has 1 N–H and O–H groups in total. The first-order chi connectivity index (χ1) is 7.81. The summed E-state index contributed by atoms with van der Waals surface area (Å²) in [7, 11) is 0. The minimum atomic E-state index is -1.38. The van der Waals surface area contributed by atoms with Crippen LogP contribution in [0.15, 0.2) is 0 Å². The summed E-state index contributed by atoms with van der Waals surface area (Å²) in [6.07, 6.45) is 4.47. The molecule has 0 amide bonds. The topological polar surface area (TPSA) is 46.5 Å². The number of aliphatic hydroxyl groups is 1. The summed E-state index contributed by atoms with van der Waals surface area (Å²) in [5.74, 6) is 0.615. The van der Waals surface area contributed by atoms with E-state index in [-0.39, 0.29) is 0 Å². The summed E-state index contributed by atoms with van der Waals surface area (Å²) in [6, 6.07) is 0. The van der Waals surface area contributed by atoms with Crippen molar-refractivity contribution < 1.29 is 14.6 Å². The van der Waals surface area contributed by atoms with Crippen LogP contribution < -0.4 is 0 Å². The molecule has 0 aliphatic rings. The van der Waals surface area contributed by atoms with Crippen molar-refractivity contribution in [1.29, 1.82) is 0 Å². The second-order valence-corrected chi connectivity index (χ2v) is 5.52. The van der Waals surface area contributed by atoms with Gasteiger partial charge in [0.1, 0.15) is 0 Å². The molecule has 0 bridgehead atoms. The number of carbonyl (C=O) groups is 1. The molecule has 3 heteroatoms. The molecule has 0 radical (unpaired) electrons. The van der Waals surface area contributed by atoms with E-state index < -0.39 is 11.6 Å². The van der Waals surface area contributed by atoms with Gasteiger partial charge in [-0.15, -0.1) is 0 Å². The molecule has 0 aliphatic heterocycles. The Hall–Kier alpha value is -0.570. The monoisotopic (exact) mass is 244 g/mol. The van der Waals surface area contributed by atoms with Gasteiger partial charge in [0.05, 0.1) is 6.61 Å². The van der Waals surface area contributed by atoms with E-state index >= 15 is 0 Å². The van der Waals surface area contributed by atoms with E-state index in [0.717, 1.165) is 18.8 Å². The van der Waals surface area contributed by atoms with E-state index in [1.54, 1.807) is 0 Å². The van der Waals surface area contributed by atoms with Crippen LogP contribution in [0.4, 0.5) is 0 Å². The number of ether oxygens (including phenoxy) is 1. The molecule has 3 nitrogen and oxygen atoms in total. The first-order valence-corrected chi connectivity index (χ1v) is 6.70. The Balaban J connectivity index is 3.94. The average Bonchev–Trinajstić information content (AvgIpc) is 2.27. The lowest BCUT2D eigenvalue weighted by Crippen LogP contribution is -2.34. The Labute approximate surface area is 106 Å². The zero-order chi connectivity index (χ0) is 13.5. The molecule has 102 valence electrons. The van der Waals surface area contributed by atoms with Gasteiger partial charge in [0.15, 0.2) is 5.60 Å². The summed E-state index contributed by atoms with van der Waals surface area (Å²) in [4.78, 5) is 11.4. The maximum atomic E-state index is 11.4. The molecule has 0 saturated carbocycles. The summed E-state index contributed by atoms with van der Waals surface area (Å²) in [5, 5.41) is 9.45. The zero-order valence-electron chi connectivity index (χ0n) is 12.0. The highest BCUT2D eigenvalue weighted by Gasteiger charge is 2.26. The fourth-order valence-electron chi connectivity index (χ4n) is 1.50. The van der Waals surface area contributed by atoms with Gasteiger partial charge < -0.3 is 9.84 Å². The maximum absolute atomic E-state index is 11.4. The van der Waals surface area contributed by atoms with Crippen LogP contribution in [0.2, 0.25) is 0 Å². The van der Waals surface area contributed by atoms with E-state index in [0.29, 0.717) is 12.5 Å². The van der Waals surface area contributed by atoms with Gasteiger partial charge >= 0.3 is 5.97 Å². The molecule has 0 spiro atoms. The second-order valence-electron chi connectivity index (χ2n) is 5.52. The summed E-state index contributed by atoms with van der Waals surface area (Å²) in [5.41, 5.74) is -1.38. The number of hydrogen-bond acceptors (Lipinski definition) is 3. The third kappa shape index (κ3) is 7.37. The Morgan fingerprint density at radius 2 is 1.82 bits per heavy atom. The molecular formula is C14H28O3. The zero-order valence-corrected chi connectivity index (χ0v) is 12.0. The molecule has 0 aromatic carbocycles. The Morgan fingerprint density at radius 1 is 1.24 bits per heavy atom.